The fourth-order valence-corrected chi connectivity index (χ4v) is 3.68. The number of aromatic nitrogens is 2. The minimum Gasteiger partial charge on any atom is -0.329 e. The average Bonchev–Trinajstić information content (AvgIpc) is 3.45. The van der Waals surface area contributed by atoms with Crippen molar-refractivity contribution in [3.8, 4) is 6.07 Å². The fourth-order valence-electron chi connectivity index (χ4n) is 3.68. The molecule has 1 saturated heterocycles. The first-order chi connectivity index (χ1) is 15.5. The van der Waals surface area contributed by atoms with Gasteiger partial charge in [0.1, 0.15) is 17.3 Å². The largest absolute Gasteiger partial charge is 0.329 e. The van der Waals surface area contributed by atoms with Crippen molar-refractivity contribution in [2.24, 2.45) is 0 Å². The van der Waals surface area contributed by atoms with Crippen molar-refractivity contribution in [2.75, 3.05) is 18.4 Å². The van der Waals surface area contributed by atoms with E-state index in [1.54, 1.807) is 24.7 Å². The summed E-state index contributed by atoms with van der Waals surface area (Å²) < 4.78 is 29.6. The molecule has 1 atom stereocenters. The number of hydrogen-bond acceptors (Lipinski definition) is 4. The molecule has 0 radical (unpaired) electrons. The lowest BCUT2D eigenvalue weighted by molar-refractivity contribution is 0.221. The molecule has 2 N–H and O–H groups in total. The molecule has 1 aromatic heterocycles. The second kappa shape index (κ2) is 9.58. The van der Waals surface area contributed by atoms with Crippen LogP contribution in [0.4, 0.5) is 19.3 Å². The predicted molar refractivity (Wildman–Crippen MR) is 115 cm³/mol. The molecule has 32 heavy (non-hydrogen) atoms. The number of urea groups is 1. The number of amides is 2. The van der Waals surface area contributed by atoms with Gasteiger partial charge in [-0.2, -0.15) is 5.26 Å². The number of nitrogens with zero attached hydrogens (tertiary/aromatic N) is 4. The van der Waals surface area contributed by atoms with E-state index in [0.29, 0.717) is 31.7 Å². The standard InChI is InChI=1S/C23H22F2N6O/c24-20-2-1-3-21(25)22(20)29-23(32)30-9-8-18(14-30)28-12-19-11-27-15-31(19)13-17-6-4-16(10-26)5-7-17/h1-7,11,15,18,28H,8-9,12-14H2,(H,29,32)/t18-/m0/s1. The van der Waals surface area contributed by atoms with Crippen LogP contribution in [-0.4, -0.2) is 39.6 Å². The first kappa shape index (κ1) is 21.5. The summed E-state index contributed by atoms with van der Waals surface area (Å²) >= 11 is 0. The predicted octanol–water partition coefficient (Wildman–Crippen LogP) is 3.48. The molecule has 1 fully saturated rings. The Labute approximate surface area is 184 Å². The number of nitriles is 1. The molecule has 2 aromatic carbocycles. The van der Waals surface area contributed by atoms with Crippen LogP contribution in [0.2, 0.25) is 0 Å². The number of benzene rings is 2. The second-order valence-corrected chi connectivity index (χ2v) is 7.66. The monoisotopic (exact) mass is 436 g/mol. The molecule has 2 amide bonds. The Morgan fingerprint density at radius 1 is 1.19 bits per heavy atom. The molecule has 3 aromatic rings. The number of carbonyl (C=O) groups is 1. The summed E-state index contributed by atoms with van der Waals surface area (Å²) in [6, 6.07) is 12.5. The molecule has 0 aliphatic carbocycles. The first-order valence-corrected chi connectivity index (χ1v) is 10.2. The maximum atomic E-state index is 13.8. The number of halogens is 2. The van der Waals surface area contributed by atoms with E-state index in [1.165, 1.54) is 11.0 Å². The van der Waals surface area contributed by atoms with E-state index in [9.17, 15) is 13.6 Å². The van der Waals surface area contributed by atoms with Crippen LogP contribution in [0.5, 0.6) is 0 Å². The molecular formula is C23H22F2N6O. The van der Waals surface area contributed by atoms with Gasteiger partial charge in [0, 0.05) is 38.4 Å². The average molecular weight is 436 g/mol. The van der Waals surface area contributed by atoms with Gasteiger partial charge in [0.2, 0.25) is 0 Å². The lowest BCUT2D eigenvalue weighted by atomic mass is 10.1. The van der Waals surface area contributed by atoms with Gasteiger partial charge in [-0.3, -0.25) is 0 Å². The summed E-state index contributed by atoms with van der Waals surface area (Å²) in [7, 11) is 0. The van der Waals surface area contributed by atoms with Gasteiger partial charge in [0.25, 0.3) is 0 Å². The third-order valence-corrected chi connectivity index (χ3v) is 5.48. The van der Waals surface area contributed by atoms with E-state index >= 15 is 0 Å². The number of imidazole rings is 1. The number of nitrogens with one attached hydrogen (secondary N) is 2. The van der Waals surface area contributed by atoms with E-state index in [2.05, 4.69) is 21.7 Å². The van der Waals surface area contributed by atoms with Gasteiger partial charge in [-0.15, -0.1) is 0 Å². The van der Waals surface area contributed by atoms with Crippen molar-refractivity contribution in [3.05, 3.63) is 83.4 Å². The van der Waals surface area contributed by atoms with Crippen LogP contribution in [0.15, 0.2) is 55.0 Å². The molecule has 4 rings (SSSR count). The van der Waals surface area contributed by atoms with Gasteiger partial charge in [0.15, 0.2) is 0 Å². The molecular weight excluding hydrogens is 414 g/mol. The molecule has 1 aliphatic rings. The minimum absolute atomic E-state index is 0.0597. The Morgan fingerprint density at radius 2 is 1.94 bits per heavy atom. The second-order valence-electron chi connectivity index (χ2n) is 7.66. The van der Waals surface area contributed by atoms with E-state index < -0.39 is 23.4 Å². The van der Waals surface area contributed by atoms with Crippen LogP contribution in [0, 0.1) is 23.0 Å². The Balaban J connectivity index is 1.30. The van der Waals surface area contributed by atoms with Crippen LogP contribution in [0.25, 0.3) is 0 Å². The van der Waals surface area contributed by atoms with Gasteiger partial charge in [0.05, 0.1) is 23.7 Å². The molecule has 2 heterocycles. The Bertz CT molecular complexity index is 1120. The van der Waals surface area contributed by atoms with E-state index in [1.807, 2.05) is 16.7 Å². The van der Waals surface area contributed by atoms with Crippen LogP contribution in [-0.2, 0) is 13.1 Å². The highest BCUT2D eigenvalue weighted by atomic mass is 19.1. The number of hydrogen-bond donors (Lipinski definition) is 2. The molecule has 0 spiro atoms. The molecule has 0 saturated carbocycles. The van der Waals surface area contributed by atoms with Crippen molar-refractivity contribution in [1.29, 1.82) is 5.26 Å². The Hall–Kier alpha value is -3.77. The highest BCUT2D eigenvalue weighted by Crippen LogP contribution is 2.20. The zero-order chi connectivity index (χ0) is 22.5. The normalized spacial score (nSPS) is 15.5. The van der Waals surface area contributed by atoms with Crippen molar-refractivity contribution in [2.45, 2.75) is 25.6 Å². The van der Waals surface area contributed by atoms with E-state index in [0.717, 1.165) is 29.8 Å². The van der Waals surface area contributed by atoms with Gasteiger partial charge >= 0.3 is 6.03 Å². The molecule has 0 unspecified atom stereocenters. The zero-order valence-electron chi connectivity index (χ0n) is 17.3. The Kier molecular flexibility index (Phi) is 6.42. The van der Waals surface area contributed by atoms with Crippen LogP contribution in [0.1, 0.15) is 23.2 Å². The molecule has 9 heteroatoms. The van der Waals surface area contributed by atoms with E-state index in [-0.39, 0.29) is 6.04 Å². The molecule has 7 nitrogen and oxygen atoms in total. The quantitative estimate of drug-likeness (QED) is 0.620. The first-order valence-electron chi connectivity index (χ1n) is 10.2. The van der Waals surface area contributed by atoms with Crippen molar-refractivity contribution < 1.29 is 13.6 Å². The van der Waals surface area contributed by atoms with Gasteiger partial charge in [-0.05, 0) is 36.2 Å². The lowest BCUT2D eigenvalue weighted by Crippen LogP contribution is -2.37. The number of anilines is 1. The summed E-state index contributed by atoms with van der Waals surface area (Å²) in [6.45, 7) is 2.13. The molecule has 0 bridgehead atoms. The van der Waals surface area contributed by atoms with Crippen molar-refractivity contribution in [1.82, 2.24) is 19.8 Å². The smallest absolute Gasteiger partial charge is 0.322 e. The van der Waals surface area contributed by atoms with Crippen LogP contribution in [0.3, 0.4) is 0 Å². The SMILES string of the molecule is N#Cc1ccc(Cn2cncc2CN[C@H]2CCN(C(=O)Nc3c(F)cccc3F)C2)cc1. The highest BCUT2D eigenvalue weighted by molar-refractivity contribution is 5.89. The van der Waals surface area contributed by atoms with Crippen molar-refractivity contribution in [3.63, 3.8) is 0 Å². The summed E-state index contributed by atoms with van der Waals surface area (Å²) in [5.41, 5.74) is 2.24. The number of likely N-dealkylation sites (tertiary alicyclic amines) is 1. The summed E-state index contributed by atoms with van der Waals surface area (Å²) in [4.78, 5) is 18.2. The zero-order valence-corrected chi connectivity index (χ0v) is 17.3. The summed E-state index contributed by atoms with van der Waals surface area (Å²) in [6.07, 6.45) is 4.28. The highest BCUT2D eigenvalue weighted by Gasteiger charge is 2.27. The van der Waals surface area contributed by atoms with E-state index in [4.69, 9.17) is 5.26 Å². The fraction of sp³-hybridized carbons (Fsp3) is 0.261. The van der Waals surface area contributed by atoms with Gasteiger partial charge in [-0.1, -0.05) is 18.2 Å². The topological polar surface area (TPSA) is 86.0 Å². The molecule has 1 aliphatic heterocycles. The van der Waals surface area contributed by atoms with Crippen molar-refractivity contribution >= 4 is 11.7 Å². The third-order valence-electron chi connectivity index (χ3n) is 5.48. The lowest BCUT2D eigenvalue weighted by Gasteiger charge is -2.18. The minimum atomic E-state index is -0.803. The maximum absolute atomic E-state index is 13.8. The summed E-state index contributed by atoms with van der Waals surface area (Å²) in [5, 5.41) is 14.7. The number of rotatable bonds is 6. The molecule has 164 valence electrons. The third kappa shape index (κ3) is 4.92. The number of carbonyl (C=O) groups excluding carboxylic acids is 1. The van der Waals surface area contributed by atoms with Gasteiger partial charge < -0.3 is 20.1 Å². The maximum Gasteiger partial charge on any atom is 0.322 e. The van der Waals surface area contributed by atoms with Gasteiger partial charge in [-0.25, -0.2) is 18.6 Å². The van der Waals surface area contributed by atoms with Crippen LogP contribution >= 0.6 is 0 Å². The van der Waals surface area contributed by atoms with Crippen LogP contribution < -0.4 is 10.6 Å². The Morgan fingerprint density at radius 3 is 2.66 bits per heavy atom. The number of para-hydroxylation sites is 1. The summed E-state index contributed by atoms with van der Waals surface area (Å²) in [5.74, 6) is -1.61.